The number of likely N-dealkylation sites (tertiary alicyclic amines) is 1. The van der Waals surface area contributed by atoms with E-state index >= 15 is 0 Å². The van der Waals surface area contributed by atoms with Gasteiger partial charge in [0.05, 0.1) is 11.4 Å². The van der Waals surface area contributed by atoms with Gasteiger partial charge in [-0.2, -0.15) is 5.10 Å². The van der Waals surface area contributed by atoms with Gasteiger partial charge in [-0.1, -0.05) is 46.3 Å². The number of nitrogens with zero attached hydrogens (tertiary/aromatic N) is 3. The van der Waals surface area contributed by atoms with E-state index in [1.165, 1.54) is 35.5 Å². The van der Waals surface area contributed by atoms with Crippen LogP contribution in [0, 0.1) is 0 Å². The van der Waals surface area contributed by atoms with Crippen molar-refractivity contribution in [2.45, 2.75) is 31.7 Å². The molecule has 2 aliphatic heterocycles. The number of piperidine rings is 1. The molecule has 3 aromatic rings. The first-order valence-electron chi connectivity index (χ1n) is 10.2. The highest BCUT2D eigenvalue weighted by Crippen LogP contribution is 2.37. The van der Waals surface area contributed by atoms with Crippen LogP contribution in [0.25, 0.3) is 5.69 Å². The molecule has 5 heteroatoms. The van der Waals surface area contributed by atoms with Crippen molar-refractivity contribution in [1.82, 2.24) is 14.7 Å². The average molecular weight is 437 g/mol. The lowest BCUT2D eigenvalue weighted by molar-refractivity contribution is 0.203. The third-order valence-electron chi connectivity index (χ3n) is 5.98. The van der Waals surface area contributed by atoms with Gasteiger partial charge in [-0.15, -0.1) is 0 Å². The molecule has 0 atom stereocenters. The molecule has 144 valence electrons. The molecule has 0 radical (unpaired) electrons. The first-order valence-corrected chi connectivity index (χ1v) is 10.9. The van der Waals surface area contributed by atoms with Gasteiger partial charge in [0, 0.05) is 29.0 Å². The second-order valence-electron chi connectivity index (χ2n) is 7.81. The minimum Gasteiger partial charge on any atom is -0.369 e. The van der Waals surface area contributed by atoms with Crippen LogP contribution in [-0.2, 0) is 13.0 Å². The van der Waals surface area contributed by atoms with Crippen molar-refractivity contribution >= 4 is 21.7 Å². The van der Waals surface area contributed by atoms with Crippen molar-refractivity contribution in [2.75, 3.05) is 25.0 Å². The number of anilines is 1. The van der Waals surface area contributed by atoms with Crippen molar-refractivity contribution in [3.05, 3.63) is 75.9 Å². The van der Waals surface area contributed by atoms with E-state index < -0.39 is 0 Å². The van der Waals surface area contributed by atoms with Gasteiger partial charge in [0.2, 0.25) is 0 Å². The number of aromatic nitrogens is 2. The number of hydrogen-bond acceptors (Lipinski definition) is 3. The van der Waals surface area contributed by atoms with Gasteiger partial charge in [0.25, 0.3) is 0 Å². The fourth-order valence-electron chi connectivity index (χ4n) is 4.50. The van der Waals surface area contributed by atoms with Crippen LogP contribution >= 0.6 is 15.9 Å². The predicted molar refractivity (Wildman–Crippen MR) is 117 cm³/mol. The van der Waals surface area contributed by atoms with E-state index in [2.05, 4.69) is 85.4 Å². The summed E-state index contributed by atoms with van der Waals surface area (Å²) in [6.07, 6.45) is 3.47. The van der Waals surface area contributed by atoms with E-state index in [1.807, 2.05) is 0 Å². The van der Waals surface area contributed by atoms with Crippen LogP contribution in [0.15, 0.2) is 59.1 Å². The molecule has 4 nitrogen and oxygen atoms in total. The predicted octanol–water partition coefficient (Wildman–Crippen LogP) is 4.98. The second-order valence-corrected chi connectivity index (χ2v) is 8.73. The topological polar surface area (TPSA) is 33.1 Å². The van der Waals surface area contributed by atoms with Crippen LogP contribution in [-0.4, -0.2) is 34.3 Å². The molecule has 0 spiro atoms. The molecule has 0 unspecified atom stereocenters. The first-order chi connectivity index (χ1) is 13.8. The molecule has 2 aromatic carbocycles. The van der Waals surface area contributed by atoms with E-state index in [0.29, 0.717) is 5.92 Å². The van der Waals surface area contributed by atoms with E-state index in [0.717, 1.165) is 42.8 Å². The van der Waals surface area contributed by atoms with Crippen molar-refractivity contribution in [3.63, 3.8) is 0 Å². The lowest BCUT2D eigenvalue weighted by Gasteiger charge is -2.31. The maximum Gasteiger partial charge on any atom is 0.133 e. The number of benzene rings is 2. The van der Waals surface area contributed by atoms with Crippen molar-refractivity contribution in [3.8, 4) is 5.69 Å². The molecule has 1 N–H and O–H groups in total. The minimum absolute atomic E-state index is 0.567. The summed E-state index contributed by atoms with van der Waals surface area (Å²) in [6, 6.07) is 19.2. The molecule has 1 aromatic heterocycles. The Morgan fingerprint density at radius 3 is 2.50 bits per heavy atom. The van der Waals surface area contributed by atoms with E-state index in [-0.39, 0.29) is 0 Å². The van der Waals surface area contributed by atoms with E-state index in [4.69, 9.17) is 5.10 Å². The molecule has 3 heterocycles. The van der Waals surface area contributed by atoms with Crippen molar-refractivity contribution in [1.29, 1.82) is 0 Å². The van der Waals surface area contributed by atoms with Gasteiger partial charge in [0.1, 0.15) is 5.82 Å². The van der Waals surface area contributed by atoms with Gasteiger partial charge in [-0.25, -0.2) is 4.68 Å². The SMILES string of the molecule is Brc1ccc(-n2nc(C3CCN(Cc4ccccc4)CC3)c3c2NCC3)cc1. The van der Waals surface area contributed by atoms with Crippen LogP contribution in [0.1, 0.15) is 35.6 Å². The van der Waals surface area contributed by atoms with Crippen molar-refractivity contribution < 1.29 is 0 Å². The molecular weight excluding hydrogens is 412 g/mol. The Kier molecular flexibility index (Phi) is 4.95. The normalized spacial score (nSPS) is 17.5. The summed E-state index contributed by atoms with van der Waals surface area (Å²) in [6.45, 7) is 4.37. The quantitative estimate of drug-likeness (QED) is 0.625. The molecule has 5 rings (SSSR count). The molecule has 2 aliphatic rings. The monoisotopic (exact) mass is 436 g/mol. The zero-order valence-corrected chi connectivity index (χ0v) is 17.5. The van der Waals surface area contributed by atoms with Crippen molar-refractivity contribution in [2.24, 2.45) is 0 Å². The van der Waals surface area contributed by atoms with Gasteiger partial charge in [0.15, 0.2) is 0 Å². The summed E-state index contributed by atoms with van der Waals surface area (Å²) in [5.74, 6) is 1.77. The number of halogens is 1. The Morgan fingerprint density at radius 1 is 1.00 bits per heavy atom. The second kappa shape index (κ2) is 7.72. The molecular formula is C23H25BrN4. The third kappa shape index (κ3) is 3.49. The standard InChI is InChI=1S/C23H25BrN4/c24-19-6-8-20(9-7-19)28-23-21(10-13-25-23)22(26-28)18-11-14-27(15-12-18)16-17-4-2-1-3-5-17/h1-9,18,25H,10-16H2. The molecule has 0 saturated carbocycles. The van der Waals surface area contributed by atoms with Crippen LogP contribution in [0.4, 0.5) is 5.82 Å². The van der Waals surface area contributed by atoms with E-state index in [1.54, 1.807) is 0 Å². The number of rotatable bonds is 4. The highest BCUT2D eigenvalue weighted by Gasteiger charge is 2.30. The molecule has 0 bridgehead atoms. The fourth-order valence-corrected chi connectivity index (χ4v) is 4.77. The summed E-state index contributed by atoms with van der Waals surface area (Å²) in [4.78, 5) is 2.58. The van der Waals surface area contributed by atoms with Crippen LogP contribution in [0.5, 0.6) is 0 Å². The van der Waals surface area contributed by atoms with Gasteiger partial charge in [-0.05, 0) is 62.2 Å². The Balaban J connectivity index is 1.33. The van der Waals surface area contributed by atoms with Crippen LogP contribution in [0.2, 0.25) is 0 Å². The number of fused-ring (bicyclic) bond motifs is 1. The summed E-state index contributed by atoms with van der Waals surface area (Å²) in [5.41, 5.74) is 5.29. The fraction of sp³-hybridized carbons (Fsp3) is 0.348. The summed E-state index contributed by atoms with van der Waals surface area (Å²) in [5, 5.41) is 8.65. The Bertz CT molecular complexity index is 941. The zero-order chi connectivity index (χ0) is 18.9. The molecule has 1 fully saturated rings. The highest BCUT2D eigenvalue weighted by atomic mass is 79.9. The molecule has 0 amide bonds. The molecule has 1 saturated heterocycles. The first kappa shape index (κ1) is 18.0. The van der Waals surface area contributed by atoms with Gasteiger partial charge in [-0.3, -0.25) is 4.90 Å². The lowest BCUT2D eigenvalue weighted by Crippen LogP contribution is -2.32. The lowest BCUT2D eigenvalue weighted by atomic mass is 9.90. The Morgan fingerprint density at radius 2 is 1.75 bits per heavy atom. The van der Waals surface area contributed by atoms with Crippen LogP contribution in [0.3, 0.4) is 0 Å². The maximum absolute atomic E-state index is 5.08. The number of hydrogen-bond donors (Lipinski definition) is 1. The van der Waals surface area contributed by atoms with E-state index in [9.17, 15) is 0 Å². The van der Waals surface area contributed by atoms with Gasteiger partial charge < -0.3 is 5.32 Å². The summed E-state index contributed by atoms with van der Waals surface area (Å²) < 4.78 is 3.21. The molecule has 0 aliphatic carbocycles. The largest absolute Gasteiger partial charge is 0.369 e. The van der Waals surface area contributed by atoms with Gasteiger partial charge >= 0.3 is 0 Å². The average Bonchev–Trinajstić information content (AvgIpc) is 3.33. The minimum atomic E-state index is 0.567. The molecule has 28 heavy (non-hydrogen) atoms. The number of nitrogens with one attached hydrogen (secondary N) is 1. The zero-order valence-electron chi connectivity index (χ0n) is 15.9. The summed E-state index contributed by atoms with van der Waals surface area (Å²) in [7, 11) is 0. The Hall–Kier alpha value is -2.11. The highest BCUT2D eigenvalue weighted by molar-refractivity contribution is 9.10. The third-order valence-corrected chi connectivity index (χ3v) is 6.51. The summed E-state index contributed by atoms with van der Waals surface area (Å²) >= 11 is 3.53. The smallest absolute Gasteiger partial charge is 0.133 e. The van der Waals surface area contributed by atoms with Crippen LogP contribution < -0.4 is 5.32 Å². The maximum atomic E-state index is 5.08. The Labute approximate surface area is 174 Å².